The molecule has 106 valence electrons. The third kappa shape index (κ3) is 3.67. The van der Waals surface area contributed by atoms with E-state index in [1.165, 1.54) is 0 Å². The summed E-state index contributed by atoms with van der Waals surface area (Å²) in [5, 5.41) is 8.57. The van der Waals surface area contributed by atoms with E-state index in [1.54, 1.807) is 20.8 Å². The maximum Gasteiger partial charge on any atom is 0.330 e. The molecule has 0 unspecified atom stereocenters. The Bertz CT molecular complexity index is 425. The number of carbonyl (C=O) groups is 4. The summed E-state index contributed by atoms with van der Waals surface area (Å²) in [5.74, 6) is -2.42. The lowest BCUT2D eigenvalue weighted by Crippen LogP contribution is -2.38. The Balaban J connectivity index is 2.58. The number of imide groups is 1. The van der Waals surface area contributed by atoms with Crippen LogP contribution >= 0.6 is 0 Å². The summed E-state index contributed by atoms with van der Waals surface area (Å²) in [6, 6.07) is -0.769. The monoisotopic (exact) mass is 272 g/mol. The van der Waals surface area contributed by atoms with Crippen molar-refractivity contribution in [3.05, 3.63) is 0 Å². The quantitative estimate of drug-likeness (QED) is 0.565. The summed E-state index contributed by atoms with van der Waals surface area (Å²) in [7, 11) is 0. The number of hydrogen-bond donors (Lipinski definition) is 1. The Hall–Kier alpha value is -2.12. The van der Waals surface area contributed by atoms with Crippen molar-refractivity contribution in [1.29, 1.82) is 0 Å². The van der Waals surface area contributed by atoms with Crippen LogP contribution in [0, 0.1) is 5.41 Å². The molecule has 8 nitrogen and oxygen atoms in total. The van der Waals surface area contributed by atoms with Crippen LogP contribution in [0.4, 0.5) is 4.79 Å². The van der Waals surface area contributed by atoms with Crippen LogP contribution in [0.5, 0.6) is 0 Å². The van der Waals surface area contributed by atoms with Gasteiger partial charge in [0.25, 0.3) is 5.91 Å². The maximum atomic E-state index is 11.7. The fourth-order valence-corrected chi connectivity index (χ4v) is 1.34. The number of nitrogens with zero attached hydrogens (tertiary/aromatic N) is 2. The van der Waals surface area contributed by atoms with E-state index in [-0.39, 0.29) is 13.3 Å². The summed E-state index contributed by atoms with van der Waals surface area (Å²) in [4.78, 5) is 46.7. The number of aliphatic carboxylic acids is 1. The molecular formula is C11H16N2O6. The minimum atomic E-state index is -1.28. The third-order valence-corrected chi connectivity index (χ3v) is 2.39. The lowest BCUT2D eigenvalue weighted by molar-refractivity contribution is -0.156. The first-order chi connectivity index (χ1) is 8.62. The molecule has 0 bridgehead atoms. The molecule has 0 aliphatic carbocycles. The molecule has 0 aromatic heterocycles. The van der Waals surface area contributed by atoms with E-state index in [4.69, 9.17) is 9.84 Å². The summed E-state index contributed by atoms with van der Waals surface area (Å²) in [5.41, 5.74) is -0.715. The van der Waals surface area contributed by atoms with Crippen molar-refractivity contribution in [2.75, 3.05) is 19.8 Å². The Kier molecular flexibility index (Phi) is 4.13. The SMILES string of the molecule is CC(C)(C)C(=O)OCN1CC(=O)N(CC(=O)O)C1=O. The number of rotatable bonds is 4. The van der Waals surface area contributed by atoms with Crippen LogP contribution in [0.2, 0.25) is 0 Å². The lowest BCUT2D eigenvalue weighted by atomic mass is 9.98. The van der Waals surface area contributed by atoms with Crippen molar-refractivity contribution in [3.8, 4) is 0 Å². The zero-order chi connectivity index (χ0) is 14.8. The molecule has 0 aromatic carbocycles. The van der Waals surface area contributed by atoms with Gasteiger partial charge >= 0.3 is 18.0 Å². The number of ether oxygens (including phenoxy) is 1. The first kappa shape index (κ1) is 14.9. The molecule has 0 saturated carbocycles. The predicted octanol–water partition coefficient (Wildman–Crippen LogP) is -0.118. The second-order valence-electron chi connectivity index (χ2n) is 5.17. The molecule has 0 spiro atoms. The van der Waals surface area contributed by atoms with Gasteiger partial charge in [-0.3, -0.25) is 24.2 Å². The number of urea groups is 1. The minimum Gasteiger partial charge on any atom is -0.480 e. The predicted molar refractivity (Wildman–Crippen MR) is 61.9 cm³/mol. The largest absolute Gasteiger partial charge is 0.480 e. The summed E-state index contributed by atoms with van der Waals surface area (Å²) in [6.07, 6.45) is 0. The second kappa shape index (κ2) is 5.25. The molecule has 1 aliphatic rings. The van der Waals surface area contributed by atoms with Gasteiger partial charge in [-0.25, -0.2) is 4.79 Å². The zero-order valence-electron chi connectivity index (χ0n) is 11.0. The van der Waals surface area contributed by atoms with Crippen LogP contribution in [-0.4, -0.2) is 58.6 Å². The average Bonchev–Trinajstić information content (AvgIpc) is 2.51. The molecule has 0 atom stereocenters. The Morgan fingerprint density at radius 1 is 1.32 bits per heavy atom. The fraction of sp³-hybridized carbons (Fsp3) is 0.636. The van der Waals surface area contributed by atoms with Crippen LogP contribution < -0.4 is 0 Å². The number of esters is 1. The standard InChI is InChI=1S/C11H16N2O6/c1-11(2,3)9(17)19-6-12-4-7(14)13(10(12)18)5-8(15)16/h4-6H2,1-3H3,(H,15,16). The van der Waals surface area contributed by atoms with Crippen molar-refractivity contribution in [2.45, 2.75) is 20.8 Å². The van der Waals surface area contributed by atoms with Crippen molar-refractivity contribution >= 4 is 23.9 Å². The van der Waals surface area contributed by atoms with Gasteiger partial charge in [0.05, 0.1) is 5.41 Å². The van der Waals surface area contributed by atoms with E-state index in [0.717, 1.165) is 4.90 Å². The molecule has 1 aliphatic heterocycles. The topological polar surface area (TPSA) is 104 Å². The molecule has 1 heterocycles. The van der Waals surface area contributed by atoms with E-state index in [0.29, 0.717) is 4.90 Å². The number of hydrogen-bond acceptors (Lipinski definition) is 5. The van der Waals surface area contributed by atoms with Crippen LogP contribution in [0.1, 0.15) is 20.8 Å². The first-order valence-corrected chi connectivity index (χ1v) is 5.61. The number of amides is 3. The molecule has 19 heavy (non-hydrogen) atoms. The summed E-state index contributed by atoms with van der Waals surface area (Å²) in [6.45, 7) is 3.62. The van der Waals surface area contributed by atoms with E-state index in [2.05, 4.69) is 0 Å². The van der Waals surface area contributed by atoms with Gasteiger partial charge in [-0.05, 0) is 20.8 Å². The Morgan fingerprint density at radius 3 is 2.37 bits per heavy atom. The van der Waals surface area contributed by atoms with Crippen molar-refractivity contribution in [1.82, 2.24) is 9.80 Å². The molecule has 1 saturated heterocycles. The van der Waals surface area contributed by atoms with E-state index >= 15 is 0 Å². The molecule has 8 heteroatoms. The molecule has 1 N–H and O–H groups in total. The zero-order valence-corrected chi connectivity index (χ0v) is 11.0. The van der Waals surface area contributed by atoms with Crippen molar-refractivity contribution in [2.24, 2.45) is 5.41 Å². The normalized spacial score (nSPS) is 15.9. The van der Waals surface area contributed by atoms with Crippen LogP contribution in [-0.2, 0) is 19.1 Å². The molecule has 1 rings (SSSR count). The van der Waals surface area contributed by atoms with E-state index in [1.807, 2.05) is 0 Å². The lowest BCUT2D eigenvalue weighted by Gasteiger charge is -2.20. The van der Waals surface area contributed by atoms with Crippen molar-refractivity contribution in [3.63, 3.8) is 0 Å². The van der Waals surface area contributed by atoms with Gasteiger partial charge in [-0.2, -0.15) is 0 Å². The van der Waals surface area contributed by atoms with Crippen LogP contribution in [0.15, 0.2) is 0 Å². The van der Waals surface area contributed by atoms with Crippen LogP contribution in [0.25, 0.3) is 0 Å². The first-order valence-electron chi connectivity index (χ1n) is 5.61. The van der Waals surface area contributed by atoms with Gasteiger partial charge in [0, 0.05) is 0 Å². The maximum absolute atomic E-state index is 11.7. The molecule has 0 radical (unpaired) electrons. The van der Waals surface area contributed by atoms with Gasteiger partial charge < -0.3 is 9.84 Å². The minimum absolute atomic E-state index is 0.288. The highest BCUT2D eigenvalue weighted by Gasteiger charge is 2.38. The molecule has 1 fully saturated rings. The number of carbonyl (C=O) groups excluding carboxylic acids is 3. The highest BCUT2D eigenvalue weighted by molar-refractivity contribution is 6.03. The molecule has 0 aromatic rings. The summed E-state index contributed by atoms with van der Waals surface area (Å²) < 4.78 is 4.90. The van der Waals surface area contributed by atoms with Crippen LogP contribution in [0.3, 0.4) is 0 Å². The van der Waals surface area contributed by atoms with Gasteiger partial charge in [-0.1, -0.05) is 0 Å². The average molecular weight is 272 g/mol. The highest BCUT2D eigenvalue weighted by Crippen LogP contribution is 2.16. The Morgan fingerprint density at radius 2 is 1.89 bits per heavy atom. The van der Waals surface area contributed by atoms with Gasteiger partial charge in [0.1, 0.15) is 13.1 Å². The number of carboxylic acid groups (broad SMARTS) is 1. The Labute approximate surface area is 109 Å². The molecular weight excluding hydrogens is 256 g/mol. The second-order valence-corrected chi connectivity index (χ2v) is 5.17. The third-order valence-electron chi connectivity index (χ3n) is 2.39. The van der Waals surface area contributed by atoms with Gasteiger partial charge in [-0.15, -0.1) is 0 Å². The van der Waals surface area contributed by atoms with E-state index < -0.39 is 35.8 Å². The fourth-order valence-electron chi connectivity index (χ4n) is 1.34. The summed E-state index contributed by atoms with van der Waals surface area (Å²) >= 11 is 0. The molecule has 3 amide bonds. The van der Waals surface area contributed by atoms with Gasteiger partial charge in [0.15, 0.2) is 6.73 Å². The smallest absolute Gasteiger partial charge is 0.330 e. The van der Waals surface area contributed by atoms with Gasteiger partial charge in [0.2, 0.25) is 0 Å². The van der Waals surface area contributed by atoms with Crippen molar-refractivity contribution < 1.29 is 29.0 Å². The number of carboxylic acids is 1. The van der Waals surface area contributed by atoms with E-state index in [9.17, 15) is 19.2 Å². The highest BCUT2D eigenvalue weighted by atomic mass is 16.5.